The van der Waals surface area contributed by atoms with Gasteiger partial charge in [0.1, 0.15) is 5.82 Å². The van der Waals surface area contributed by atoms with Gasteiger partial charge in [-0.05, 0) is 61.4 Å². The lowest BCUT2D eigenvalue weighted by molar-refractivity contribution is 0.102. The van der Waals surface area contributed by atoms with Crippen LogP contribution in [0.3, 0.4) is 0 Å². The van der Waals surface area contributed by atoms with E-state index in [-0.39, 0.29) is 29.8 Å². The number of benzene rings is 3. The number of hydrogen-bond acceptors (Lipinski definition) is 3. The smallest absolute Gasteiger partial charge is 0.274 e. The van der Waals surface area contributed by atoms with E-state index in [4.69, 9.17) is 5.10 Å². The van der Waals surface area contributed by atoms with Gasteiger partial charge in [-0.15, -0.1) is 12.4 Å². The number of hydrogen-bond donors (Lipinski definition) is 0. The molecule has 0 N–H and O–H groups in total. The number of aromatic nitrogens is 2. The summed E-state index contributed by atoms with van der Waals surface area (Å²) in [7, 11) is 0. The summed E-state index contributed by atoms with van der Waals surface area (Å²) in [5, 5.41) is 6.56. The average Bonchev–Trinajstić information content (AvgIpc) is 3.13. The Balaban J connectivity index is 0.00000267. The van der Waals surface area contributed by atoms with E-state index in [0.29, 0.717) is 18.5 Å². The quantitative estimate of drug-likeness (QED) is 0.326. The number of fused-ring (bicyclic) bond motifs is 3. The van der Waals surface area contributed by atoms with Crippen LogP contribution in [0.25, 0.3) is 10.8 Å². The molecule has 3 heterocycles. The zero-order valence-electron chi connectivity index (χ0n) is 20.2. The molecule has 0 aliphatic carbocycles. The number of nitrogens with zero attached hydrogens (tertiary/aromatic N) is 3. The van der Waals surface area contributed by atoms with Crippen molar-refractivity contribution in [2.45, 2.75) is 56.7 Å². The van der Waals surface area contributed by atoms with Gasteiger partial charge in [0.05, 0.1) is 17.1 Å². The highest BCUT2D eigenvalue weighted by molar-refractivity contribution is 5.85. The summed E-state index contributed by atoms with van der Waals surface area (Å²) in [5.41, 5.74) is 3.26. The molecule has 36 heavy (non-hydrogen) atoms. The Hall–Kier alpha value is -3.02. The third-order valence-electron chi connectivity index (χ3n) is 7.90. The van der Waals surface area contributed by atoms with Gasteiger partial charge < -0.3 is 0 Å². The van der Waals surface area contributed by atoms with Crippen molar-refractivity contribution in [3.8, 4) is 0 Å². The van der Waals surface area contributed by atoms with E-state index in [2.05, 4.69) is 35.2 Å². The zero-order valence-corrected chi connectivity index (χ0v) is 21.0. The maximum atomic E-state index is 13.5. The van der Waals surface area contributed by atoms with E-state index < -0.39 is 0 Å². The first kappa shape index (κ1) is 24.7. The fourth-order valence-electron chi connectivity index (χ4n) is 6.16. The van der Waals surface area contributed by atoms with Crippen molar-refractivity contribution in [3.05, 3.63) is 112 Å². The van der Waals surface area contributed by atoms with Crippen LogP contribution in [-0.2, 0) is 12.8 Å². The van der Waals surface area contributed by atoms with Crippen LogP contribution < -0.4 is 5.56 Å². The van der Waals surface area contributed by atoms with Gasteiger partial charge in [-0.25, -0.2) is 9.07 Å². The highest BCUT2D eigenvalue weighted by Gasteiger charge is 2.41. The van der Waals surface area contributed by atoms with Crippen molar-refractivity contribution in [2.75, 3.05) is 6.54 Å². The van der Waals surface area contributed by atoms with Gasteiger partial charge in [0.2, 0.25) is 0 Å². The van der Waals surface area contributed by atoms with Gasteiger partial charge in [0, 0.05) is 30.4 Å². The predicted octanol–water partition coefficient (Wildman–Crippen LogP) is 5.96. The molecule has 2 bridgehead atoms. The normalized spacial score (nSPS) is 21.4. The Morgan fingerprint density at radius 1 is 0.778 bits per heavy atom. The van der Waals surface area contributed by atoms with Crippen LogP contribution >= 0.6 is 12.4 Å². The van der Waals surface area contributed by atoms with Crippen LogP contribution in [-0.4, -0.2) is 33.3 Å². The summed E-state index contributed by atoms with van der Waals surface area (Å²) in [6.07, 6.45) is 5.96. The molecule has 0 amide bonds. The Kier molecular flexibility index (Phi) is 7.22. The van der Waals surface area contributed by atoms with Gasteiger partial charge >= 0.3 is 0 Å². The number of piperidine rings is 1. The Bertz CT molecular complexity index is 1380. The molecule has 1 aromatic heterocycles. The summed E-state index contributed by atoms with van der Waals surface area (Å²) in [4.78, 5) is 16.2. The maximum Gasteiger partial charge on any atom is 0.274 e. The highest BCUT2D eigenvalue weighted by atomic mass is 35.5. The first-order chi connectivity index (χ1) is 17.2. The molecule has 4 nitrogen and oxygen atoms in total. The third kappa shape index (κ3) is 4.82. The van der Waals surface area contributed by atoms with Gasteiger partial charge in [-0.1, -0.05) is 60.7 Å². The predicted molar refractivity (Wildman–Crippen MR) is 144 cm³/mol. The van der Waals surface area contributed by atoms with Gasteiger partial charge in [0.15, 0.2) is 0 Å². The lowest BCUT2D eigenvalue weighted by Gasteiger charge is -2.39. The second-order valence-electron chi connectivity index (χ2n) is 10.0. The van der Waals surface area contributed by atoms with E-state index in [1.54, 1.807) is 16.8 Å². The molecule has 2 saturated heterocycles. The first-order valence-electron chi connectivity index (χ1n) is 12.7. The molecule has 186 valence electrons. The maximum absolute atomic E-state index is 13.5. The van der Waals surface area contributed by atoms with E-state index in [1.807, 2.05) is 24.3 Å². The molecule has 2 atom stereocenters. The standard InChI is InChI=1S/C30H30FN3O.ClH/c31-23-12-10-22(11-13-23)18-29-27-8-4-5-9-28(27)30(35)34(32-29)26-19-24-14-15-25(20-26)33(24)17-16-21-6-2-1-3-7-21;/h1-13,24-26H,14-20H2;1H. The molecule has 4 aromatic rings. The number of rotatable bonds is 6. The summed E-state index contributed by atoms with van der Waals surface area (Å²) in [6.45, 7) is 1.07. The van der Waals surface area contributed by atoms with Crippen LogP contribution in [0, 0.1) is 5.82 Å². The SMILES string of the molecule is Cl.O=c1c2ccccc2c(Cc2ccc(F)cc2)nn1C1CC2CCC(C1)N2CCc1ccccc1. The fourth-order valence-corrected chi connectivity index (χ4v) is 6.16. The van der Waals surface area contributed by atoms with Crippen molar-refractivity contribution >= 4 is 23.2 Å². The molecular formula is C30H31ClFN3O. The second-order valence-corrected chi connectivity index (χ2v) is 10.0. The number of halogens is 2. The van der Waals surface area contributed by atoms with E-state index in [9.17, 15) is 9.18 Å². The van der Waals surface area contributed by atoms with Crippen LogP contribution in [0.1, 0.15) is 48.5 Å². The topological polar surface area (TPSA) is 38.1 Å². The molecule has 2 aliphatic heterocycles. The van der Waals surface area contributed by atoms with Gasteiger partial charge in [-0.2, -0.15) is 5.10 Å². The largest absolute Gasteiger partial charge is 0.297 e. The Morgan fingerprint density at radius 2 is 1.42 bits per heavy atom. The molecule has 0 radical (unpaired) electrons. The van der Waals surface area contributed by atoms with E-state index >= 15 is 0 Å². The molecular weight excluding hydrogens is 473 g/mol. The summed E-state index contributed by atoms with van der Waals surface area (Å²) >= 11 is 0. The summed E-state index contributed by atoms with van der Waals surface area (Å²) in [5.74, 6) is -0.244. The van der Waals surface area contributed by atoms with Crippen LogP contribution in [0.5, 0.6) is 0 Å². The van der Waals surface area contributed by atoms with E-state index in [1.165, 1.54) is 30.5 Å². The zero-order chi connectivity index (χ0) is 23.8. The van der Waals surface area contributed by atoms with Crippen molar-refractivity contribution in [1.29, 1.82) is 0 Å². The molecule has 3 aromatic carbocycles. The molecule has 6 heteroatoms. The highest BCUT2D eigenvalue weighted by Crippen LogP contribution is 2.40. The van der Waals surface area contributed by atoms with Gasteiger partial charge in [0.25, 0.3) is 5.56 Å². The lowest BCUT2D eigenvalue weighted by atomic mass is 9.96. The lowest BCUT2D eigenvalue weighted by Crippen LogP contribution is -2.46. The van der Waals surface area contributed by atoms with Crippen molar-refractivity contribution in [2.24, 2.45) is 0 Å². The first-order valence-corrected chi connectivity index (χ1v) is 12.7. The molecule has 0 spiro atoms. The van der Waals surface area contributed by atoms with Crippen LogP contribution in [0.4, 0.5) is 4.39 Å². The van der Waals surface area contributed by atoms with Crippen LogP contribution in [0.15, 0.2) is 83.7 Å². The minimum absolute atomic E-state index is 0. The summed E-state index contributed by atoms with van der Waals surface area (Å²) < 4.78 is 15.2. The Labute approximate surface area is 217 Å². The fraction of sp³-hybridized carbons (Fsp3) is 0.333. The third-order valence-corrected chi connectivity index (χ3v) is 7.90. The minimum Gasteiger partial charge on any atom is -0.297 e. The average molecular weight is 504 g/mol. The van der Waals surface area contributed by atoms with E-state index in [0.717, 1.165) is 47.8 Å². The minimum atomic E-state index is -0.244. The molecule has 0 saturated carbocycles. The molecule has 2 aliphatic rings. The monoisotopic (exact) mass is 503 g/mol. The van der Waals surface area contributed by atoms with Crippen molar-refractivity contribution in [1.82, 2.24) is 14.7 Å². The van der Waals surface area contributed by atoms with Crippen molar-refractivity contribution < 1.29 is 4.39 Å². The Morgan fingerprint density at radius 3 is 2.11 bits per heavy atom. The molecule has 6 rings (SSSR count). The van der Waals surface area contributed by atoms with Crippen molar-refractivity contribution in [3.63, 3.8) is 0 Å². The van der Waals surface area contributed by atoms with Gasteiger partial charge in [-0.3, -0.25) is 9.69 Å². The molecule has 2 fully saturated rings. The molecule has 2 unspecified atom stereocenters. The summed E-state index contributed by atoms with van der Waals surface area (Å²) in [6, 6.07) is 26.1. The second kappa shape index (κ2) is 10.5. The van der Waals surface area contributed by atoms with Crippen LogP contribution in [0.2, 0.25) is 0 Å².